The highest BCUT2D eigenvalue weighted by atomic mass is 35.5. The van der Waals surface area contributed by atoms with Gasteiger partial charge in [0.1, 0.15) is 17.2 Å². The Bertz CT molecular complexity index is 1210. The third kappa shape index (κ3) is 6.80. The Hall–Kier alpha value is -3.03. The fourth-order valence-electron chi connectivity index (χ4n) is 3.98. The number of carboxylic acid groups (broad SMARTS) is 1. The van der Waals surface area contributed by atoms with Gasteiger partial charge in [-0.15, -0.1) is 0 Å². The van der Waals surface area contributed by atoms with Crippen LogP contribution < -0.4 is 4.74 Å². The molecule has 1 fully saturated rings. The van der Waals surface area contributed by atoms with E-state index in [1.807, 2.05) is 36.4 Å². The molecule has 0 saturated carbocycles. The summed E-state index contributed by atoms with van der Waals surface area (Å²) in [6, 6.07) is 19.5. The summed E-state index contributed by atoms with van der Waals surface area (Å²) in [5, 5.41) is 20.2. The fraction of sp³-hybridized carbons (Fsp3) is 0.250. The maximum Gasteiger partial charge on any atom is 0.303 e. The summed E-state index contributed by atoms with van der Waals surface area (Å²) in [6.45, 7) is 0.408. The molecule has 36 heavy (non-hydrogen) atoms. The van der Waals surface area contributed by atoms with E-state index in [2.05, 4.69) is 0 Å². The average molecular weight is 529 g/mol. The Balaban J connectivity index is 1.46. The summed E-state index contributed by atoms with van der Waals surface area (Å²) >= 11 is 12.1. The Kier molecular flexibility index (Phi) is 8.88. The average Bonchev–Trinajstić information content (AvgIpc) is 2.86. The molecule has 8 heteroatoms. The van der Waals surface area contributed by atoms with Crippen LogP contribution in [0.15, 0.2) is 78.9 Å². The second-order valence-corrected chi connectivity index (χ2v) is 9.27. The van der Waals surface area contributed by atoms with Gasteiger partial charge in [0.2, 0.25) is 0 Å². The van der Waals surface area contributed by atoms with E-state index in [1.54, 1.807) is 42.5 Å². The van der Waals surface area contributed by atoms with Crippen molar-refractivity contribution in [2.24, 2.45) is 5.92 Å². The molecule has 1 saturated heterocycles. The first-order valence-electron chi connectivity index (χ1n) is 11.6. The Morgan fingerprint density at radius 2 is 1.83 bits per heavy atom. The van der Waals surface area contributed by atoms with E-state index in [0.29, 0.717) is 46.6 Å². The van der Waals surface area contributed by atoms with E-state index in [9.17, 15) is 9.90 Å². The van der Waals surface area contributed by atoms with Gasteiger partial charge in [-0.1, -0.05) is 65.7 Å². The van der Waals surface area contributed by atoms with Crippen LogP contribution in [0, 0.1) is 5.92 Å². The van der Waals surface area contributed by atoms with Crippen molar-refractivity contribution in [1.29, 1.82) is 0 Å². The minimum absolute atomic E-state index is 0.0507. The quantitative estimate of drug-likeness (QED) is 0.276. The zero-order valence-electron chi connectivity index (χ0n) is 19.3. The van der Waals surface area contributed by atoms with Crippen molar-refractivity contribution >= 4 is 29.2 Å². The van der Waals surface area contributed by atoms with Gasteiger partial charge in [-0.25, -0.2) is 0 Å². The zero-order valence-corrected chi connectivity index (χ0v) is 20.9. The summed E-state index contributed by atoms with van der Waals surface area (Å²) in [5.74, 6) is 0.377. The highest BCUT2D eigenvalue weighted by Crippen LogP contribution is 2.43. The van der Waals surface area contributed by atoms with Crippen LogP contribution >= 0.6 is 23.2 Å². The van der Waals surface area contributed by atoms with Gasteiger partial charge in [-0.05, 0) is 49.2 Å². The van der Waals surface area contributed by atoms with E-state index >= 15 is 0 Å². The first-order chi connectivity index (χ1) is 17.4. The third-order valence-corrected chi connectivity index (χ3v) is 6.34. The smallest absolute Gasteiger partial charge is 0.303 e. The molecule has 4 rings (SSSR count). The highest BCUT2D eigenvalue weighted by molar-refractivity contribution is 6.35. The molecule has 0 aromatic heterocycles. The number of carbonyl (C=O) groups is 1. The van der Waals surface area contributed by atoms with Gasteiger partial charge in [-0.3, -0.25) is 4.79 Å². The third-order valence-electron chi connectivity index (χ3n) is 5.81. The van der Waals surface area contributed by atoms with Gasteiger partial charge < -0.3 is 24.4 Å². The van der Waals surface area contributed by atoms with Crippen molar-refractivity contribution < 1.29 is 29.2 Å². The lowest BCUT2D eigenvalue weighted by molar-refractivity contribution is -0.244. The number of phenolic OH excluding ortho intramolecular Hbond substituents is 1. The topological polar surface area (TPSA) is 85.2 Å². The molecule has 1 aliphatic heterocycles. The van der Waals surface area contributed by atoms with Gasteiger partial charge in [0.05, 0.1) is 17.7 Å². The van der Waals surface area contributed by atoms with Crippen molar-refractivity contribution in [1.82, 2.24) is 0 Å². The van der Waals surface area contributed by atoms with Crippen LogP contribution in [0.2, 0.25) is 10.0 Å². The van der Waals surface area contributed by atoms with Crippen molar-refractivity contribution in [2.75, 3.05) is 6.61 Å². The number of ether oxygens (including phenoxy) is 3. The molecule has 0 radical (unpaired) electrons. The Morgan fingerprint density at radius 1 is 1.06 bits per heavy atom. The number of halogens is 2. The molecule has 1 unspecified atom stereocenters. The first kappa shape index (κ1) is 26.0. The van der Waals surface area contributed by atoms with Crippen LogP contribution in [0.4, 0.5) is 0 Å². The molecule has 2 N–H and O–H groups in total. The summed E-state index contributed by atoms with van der Waals surface area (Å²) in [7, 11) is 0. The highest BCUT2D eigenvalue weighted by Gasteiger charge is 2.34. The molecule has 3 aromatic rings. The lowest BCUT2D eigenvalue weighted by Gasteiger charge is -2.37. The van der Waals surface area contributed by atoms with Crippen molar-refractivity contribution in [3.05, 3.63) is 100 Å². The molecule has 1 aliphatic rings. The molecule has 0 amide bonds. The van der Waals surface area contributed by atoms with Crippen LogP contribution in [0.25, 0.3) is 0 Å². The number of aliphatic carboxylic acids is 1. The number of rotatable bonds is 9. The number of aromatic hydroxyl groups is 1. The number of hydrogen-bond acceptors (Lipinski definition) is 5. The number of para-hydroxylation sites is 1. The van der Waals surface area contributed by atoms with Gasteiger partial charge in [-0.2, -0.15) is 0 Å². The monoisotopic (exact) mass is 528 g/mol. The minimum Gasteiger partial charge on any atom is -0.508 e. The molecule has 188 valence electrons. The van der Waals surface area contributed by atoms with Crippen molar-refractivity contribution in [2.45, 2.75) is 31.7 Å². The fourth-order valence-corrected chi connectivity index (χ4v) is 4.42. The molecule has 0 spiro atoms. The summed E-state index contributed by atoms with van der Waals surface area (Å²) in [4.78, 5) is 10.7. The molecule has 3 aromatic carbocycles. The van der Waals surface area contributed by atoms with E-state index < -0.39 is 18.4 Å². The summed E-state index contributed by atoms with van der Waals surface area (Å²) in [6.07, 6.45) is 3.94. The lowest BCUT2D eigenvalue weighted by atomic mass is 9.91. The standard InChI is InChI=1S/C28H26Cl2O6/c29-20-12-15-25(23(30)16-20)35-21-13-10-18(11-14-21)28-34-17-19(6-2-1-3-9-26(32)33)27(36-28)22-7-4-5-8-24(22)31/h1-2,4-5,7-8,10-16,19,27-28,31H,3,6,9,17H2,(H,32,33)/b2-1-/t19-,27+,28?/m1/s1. The largest absolute Gasteiger partial charge is 0.508 e. The molecular formula is C28H26Cl2O6. The lowest BCUT2D eigenvalue weighted by Crippen LogP contribution is -2.30. The number of hydrogen-bond donors (Lipinski definition) is 2. The first-order valence-corrected chi connectivity index (χ1v) is 12.3. The molecule has 3 atom stereocenters. The van der Waals surface area contributed by atoms with Crippen LogP contribution in [0.3, 0.4) is 0 Å². The maximum absolute atomic E-state index is 10.7. The predicted octanol–water partition coefficient (Wildman–Crippen LogP) is 7.71. The number of carboxylic acids is 1. The predicted molar refractivity (Wildman–Crippen MR) is 138 cm³/mol. The van der Waals surface area contributed by atoms with E-state index in [1.165, 1.54) is 0 Å². The normalized spacial score (nSPS) is 19.9. The molecule has 0 aliphatic carbocycles. The maximum atomic E-state index is 10.7. The van der Waals surface area contributed by atoms with Gasteiger partial charge in [0.25, 0.3) is 0 Å². The molecule has 1 heterocycles. The molecule has 6 nitrogen and oxygen atoms in total. The van der Waals surface area contributed by atoms with Crippen LogP contribution in [-0.2, 0) is 14.3 Å². The second kappa shape index (κ2) is 12.3. The molecular weight excluding hydrogens is 503 g/mol. The second-order valence-electron chi connectivity index (χ2n) is 8.43. The van der Waals surface area contributed by atoms with Gasteiger partial charge >= 0.3 is 5.97 Å². The van der Waals surface area contributed by atoms with Crippen LogP contribution in [0.5, 0.6) is 17.2 Å². The summed E-state index contributed by atoms with van der Waals surface area (Å²) < 4.78 is 18.3. The zero-order chi connectivity index (χ0) is 25.5. The van der Waals surface area contributed by atoms with Gasteiger partial charge in [0.15, 0.2) is 6.29 Å². The minimum atomic E-state index is -0.827. The molecule has 0 bridgehead atoms. The van der Waals surface area contributed by atoms with E-state index in [4.69, 9.17) is 42.5 Å². The van der Waals surface area contributed by atoms with Crippen LogP contribution in [-0.4, -0.2) is 22.8 Å². The van der Waals surface area contributed by atoms with E-state index in [0.717, 1.165) is 5.56 Å². The van der Waals surface area contributed by atoms with Crippen molar-refractivity contribution in [3.63, 3.8) is 0 Å². The SMILES string of the molecule is O=C(O)CC/C=C\C[C@@H]1COC(c2ccc(Oc3ccc(Cl)cc3Cl)cc2)O[C@@H]1c1ccccc1O. The number of phenols is 1. The van der Waals surface area contributed by atoms with Gasteiger partial charge in [0, 0.05) is 28.5 Å². The number of benzene rings is 3. The van der Waals surface area contributed by atoms with Crippen molar-refractivity contribution in [3.8, 4) is 17.2 Å². The van der Waals surface area contributed by atoms with E-state index in [-0.39, 0.29) is 18.1 Å². The number of allylic oxidation sites excluding steroid dienone is 2. The Labute approximate surface area is 219 Å². The summed E-state index contributed by atoms with van der Waals surface area (Å²) in [5.41, 5.74) is 1.49. The van der Waals surface area contributed by atoms with Crippen LogP contribution in [0.1, 0.15) is 42.8 Å². The Morgan fingerprint density at radius 3 is 2.56 bits per heavy atom.